The molecule has 0 bridgehead atoms. The quantitative estimate of drug-likeness (QED) is 0.373. The number of aliphatic hydroxyl groups excluding tert-OH is 1. The molecular weight excluding hydrogens is 572 g/mol. The van der Waals surface area contributed by atoms with Gasteiger partial charge in [0.05, 0.1) is 29.7 Å². The number of hydrogen-bond acceptors (Lipinski definition) is 9. The molecule has 0 radical (unpaired) electrons. The number of carbonyl (C=O) groups excluding carboxylic acids is 1. The molecular formula is C27H34N4O8S2. The number of aliphatic hydroxyl groups is 1. The topological polar surface area (TPSA) is 159 Å². The van der Waals surface area contributed by atoms with E-state index in [2.05, 4.69) is 9.88 Å². The lowest BCUT2D eigenvalue weighted by atomic mass is 9.99. The fraction of sp³-hybridized carbons (Fsp3) is 0.407. The van der Waals surface area contributed by atoms with Gasteiger partial charge in [-0.3, -0.25) is 9.52 Å². The molecule has 0 saturated heterocycles. The number of aromatic nitrogens is 1. The number of amides is 1. The Morgan fingerprint density at radius 1 is 1.15 bits per heavy atom. The summed E-state index contributed by atoms with van der Waals surface area (Å²) in [5.74, 6) is -0.471. The van der Waals surface area contributed by atoms with Gasteiger partial charge in [-0.2, -0.15) is 4.31 Å². The van der Waals surface area contributed by atoms with Gasteiger partial charge in [-0.25, -0.2) is 16.8 Å². The normalized spacial score (nSPS) is 18.8. The van der Waals surface area contributed by atoms with Crippen molar-refractivity contribution in [2.75, 3.05) is 31.5 Å². The molecule has 1 aliphatic rings. The summed E-state index contributed by atoms with van der Waals surface area (Å²) in [6, 6.07) is 11.6. The highest BCUT2D eigenvalue weighted by Gasteiger charge is 2.37. The van der Waals surface area contributed by atoms with Crippen LogP contribution in [-0.2, 0) is 20.0 Å². The molecule has 3 aromatic rings. The Bertz CT molecular complexity index is 1600. The lowest BCUT2D eigenvalue weighted by molar-refractivity contribution is 0.0387. The SMILES string of the molecule is Cc1noc(C)c1S(=O)(=O)N(C)C[C@H]1Oc2ccc(NS(=O)(=O)c3ccccc3)cc2C(=O)N([C@H](C)CO)C[C@H]1C. The van der Waals surface area contributed by atoms with Crippen molar-refractivity contribution in [3.8, 4) is 5.75 Å². The summed E-state index contributed by atoms with van der Waals surface area (Å²) in [5, 5.41) is 13.6. The van der Waals surface area contributed by atoms with E-state index < -0.39 is 38.1 Å². The number of hydrogen-bond donors (Lipinski definition) is 2. The maximum absolute atomic E-state index is 13.7. The standard InChI is InChI=1S/C27H34N4O8S2/c1-17-14-31(18(2)16-32)27(33)23-13-21(29-40(34,35)22-9-7-6-8-10-22)11-12-24(23)38-25(17)15-30(5)41(36,37)26-19(3)28-39-20(26)4/h6-13,17-18,25,29,32H,14-16H2,1-5H3/t17-,18-,25-/m1/s1. The van der Waals surface area contributed by atoms with Gasteiger partial charge in [-0.15, -0.1) is 0 Å². The highest BCUT2D eigenvalue weighted by atomic mass is 32.2. The molecule has 2 N–H and O–H groups in total. The van der Waals surface area contributed by atoms with Gasteiger partial charge in [-0.1, -0.05) is 30.3 Å². The van der Waals surface area contributed by atoms with E-state index in [-0.39, 0.29) is 63.9 Å². The van der Waals surface area contributed by atoms with Gasteiger partial charge in [0.2, 0.25) is 10.0 Å². The van der Waals surface area contributed by atoms with Gasteiger partial charge < -0.3 is 19.3 Å². The first-order valence-electron chi connectivity index (χ1n) is 13.0. The van der Waals surface area contributed by atoms with E-state index in [9.17, 15) is 26.7 Å². The Morgan fingerprint density at radius 3 is 2.44 bits per heavy atom. The average Bonchev–Trinajstić information content (AvgIpc) is 3.28. The third kappa shape index (κ3) is 6.25. The molecule has 1 aliphatic heterocycles. The van der Waals surface area contributed by atoms with Crippen molar-refractivity contribution in [3.63, 3.8) is 0 Å². The maximum atomic E-state index is 13.7. The highest BCUT2D eigenvalue weighted by Crippen LogP contribution is 2.32. The second kappa shape index (κ2) is 11.8. The molecule has 2 heterocycles. The molecule has 4 rings (SSSR count). The predicted molar refractivity (Wildman–Crippen MR) is 151 cm³/mol. The van der Waals surface area contributed by atoms with E-state index in [0.717, 1.165) is 4.31 Å². The second-order valence-corrected chi connectivity index (χ2v) is 13.9. The van der Waals surface area contributed by atoms with Crippen molar-refractivity contribution in [3.05, 3.63) is 65.5 Å². The summed E-state index contributed by atoms with van der Waals surface area (Å²) < 4.78 is 67.6. The van der Waals surface area contributed by atoms with E-state index in [1.54, 1.807) is 32.0 Å². The Kier molecular flexibility index (Phi) is 8.78. The van der Waals surface area contributed by atoms with Crippen molar-refractivity contribution >= 4 is 31.6 Å². The fourth-order valence-electron chi connectivity index (χ4n) is 4.67. The van der Waals surface area contributed by atoms with Gasteiger partial charge in [0, 0.05) is 25.2 Å². The van der Waals surface area contributed by atoms with Crippen LogP contribution in [0.3, 0.4) is 0 Å². The van der Waals surface area contributed by atoms with Crippen LogP contribution in [0, 0.1) is 19.8 Å². The molecule has 3 atom stereocenters. The van der Waals surface area contributed by atoms with Crippen molar-refractivity contribution in [2.24, 2.45) is 5.92 Å². The summed E-state index contributed by atoms with van der Waals surface area (Å²) in [4.78, 5) is 15.2. The molecule has 0 saturated carbocycles. The van der Waals surface area contributed by atoms with Gasteiger partial charge in [0.1, 0.15) is 22.4 Å². The van der Waals surface area contributed by atoms with Gasteiger partial charge in [0.15, 0.2) is 5.76 Å². The molecule has 1 aromatic heterocycles. The van der Waals surface area contributed by atoms with Gasteiger partial charge in [0.25, 0.3) is 15.9 Å². The molecule has 1 amide bonds. The van der Waals surface area contributed by atoms with Crippen LogP contribution in [0.2, 0.25) is 0 Å². The average molecular weight is 607 g/mol. The van der Waals surface area contributed by atoms with Crippen LogP contribution in [0.25, 0.3) is 0 Å². The zero-order valence-electron chi connectivity index (χ0n) is 23.4. The summed E-state index contributed by atoms with van der Waals surface area (Å²) >= 11 is 0. The predicted octanol–water partition coefficient (Wildman–Crippen LogP) is 2.63. The largest absolute Gasteiger partial charge is 0.488 e. The number of rotatable bonds is 9. The number of ether oxygens (including phenoxy) is 1. The molecule has 0 aliphatic carbocycles. The summed E-state index contributed by atoms with van der Waals surface area (Å²) in [6.07, 6.45) is -0.706. The second-order valence-electron chi connectivity index (χ2n) is 10.2. The minimum atomic E-state index is -3.98. The zero-order chi connectivity index (χ0) is 30.1. The molecule has 0 fully saturated rings. The maximum Gasteiger partial charge on any atom is 0.261 e. The lowest BCUT2D eigenvalue weighted by Crippen LogP contribution is -2.50. The summed E-state index contributed by atoms with van der Waals surface area (Å²) in [5.41, 5.74) is 0.460. The number of fused-ring (bicyclic) bond motifs is 1. The van der Waals surface area contributed by atoms with Crippen LogP contribution in [0.15, 0.2) is 62.8 Å². The molecule has 14 heteroatoms. The lowest BCUT2D eigenvalue weighted by Gasteiger charge is -2.38. The van der Waals surface area contributed by atoms with Crippen LogP contribution < -0.4 is 9.46 Å². The minimum absolute atomic E-state index is 0.0139. The van der Waals surface area contributed by atoms with E-state index in [4.69, 9.17) is 9.26 Å². The number of aryl methyl sites for hydroxylation is 2. The number of nitrogens with one attached hydrogen (secondary N) is 1. The number of benzene rings is 2. The third-order valence-corrected chi connectivity index (χ3v) is 10.5. The van der Waals surface area contributed by atoms with Crippen LogP contribution in [0.5, 0.6) is 5.75 Å². The van der Waals surface area contributed by atoms with Crippen LogP contribution in [0.1, 0.15) is 35.7 Å². The summed E-state index contributed by atoms with van der Waals surface area (Å²) in [7, 11) is -6.48. The Morgan fingerprint density at radius 2 is 1.83 bits per heavy atom. The van der Waals surface area contributed by atoms with E-state index in [1.807, 2.05) is 6.92 Å². The Hall–Kier alpha value is -3.46. The minimum Gasteiger partial charge on any atom is -0.488 e. The number of likely N-dealkylation sites (N-methyl/N-ethyl adjacent to an activating group) is 1. The number of nitrogens with zero attached hydrogens (tertiary/aromatic N) is 3. The Balaban J connectivity index is 1.70. The van der Waals surface area contributed by atoms with Crippen LogP contribution in [-0.4, -0.2) is 81.1 Å². The smallest absolute Gasteiger partial charge is 0.261 e. The van der Waals surface area contributed by atoms with E-state index in [0.29, 0.717) is 0 Å². The fourth-order valence-corrected chi connectivity index (χ4v) is 7.20. The molecule has 222 valence electrons. The first-order chi connectivity index (χ1) is 19.3. The van der Waals surface area contributed by atoms with E-state index >= 15 is 0 Å². The highest BCUT2D eigenvalue weighted by molar-refractivity contribution is 7.92. The number of anilines is 1. The Labute approximate surface area is 240 Å². The van der Waals surface area contributed by atoms with Gasteiger partial charge in [-0.05, 0) is 51.1 Å². The monoisotopic (exact) mass is 606 g/mol. The molecule has 12 nitrogen and oxygen atoms in total. The first kappa shape index (κ1) is 30.5. The first-order valence-corrected chi connectivity index (χ1v) is 15.9. The third-order valence-electron chi connectivity index (χ3n) is 7.04. The van der Waals surface area contributed by atoms with Crippen molar-refractivity contribution in [2.45, 2.75) is 49.6 Å². The van der Waals surface area contributed by atoms with Crippen molar-refractivity contribution in [1.82, 2.24) is 14.4 Å². The zero-order valence-corrected chi connectivity index (χ0v) is 25.1. The van der Waals surface area contributed by atoms with Crippen molar-refractivity contribution < 1.29 is 36.0 Å². The van der Waals surface area contributed by atoms with Gasteiger partial charge >= 0.3 is 0 Å². The molecule has 0 unspecified atom stereocenters. The van der Waals surface area contributed by atoms with Crippen molar-refractivity contribution in [1.29, 1.82) is 0 Å². The van der Waals surface area contributed by atoms with E-state index in [1.165, 1.54) is 49.2 Å². The summed E-state index contributed by atoms with van der Waals surface area (Å²) in [6.45, 7) is 6.38. The number of sulfonamides is 2. The van der Waals surface area contributed by atoms with Crippen LogP contribution >= 0.6 is 0 Å². The molecule has 41 heavy (non-hydrogen) atoms. The molecule has 2 aromatic carbocycles. The van der Waals surface area contributed by atoms with Crippen LogP contribution in [0.4, 0.5) is 5.69 Å². The number of carbonyl (C=O) groups is 1. The molecule has 0 spiro atoms.